The summed E-state index contributed by atoms with van der Waals surface area (Å²) < 4.78 is 28.3. The first-order valence-electron chi connectivity index (χ1n) is 6.34. The number of hydrogen-bond acceptors (Lipinski definition) is 0. The van der Waals surface area contributed by atoms with E-state index in [0.717, 1.165) is 10.0 Å². The minimum atomic E-state index is -0.507. The summed E-state index contributed by atoms with van der Waals surface area (Å²) >= 11 is 9.44. The molecule has 0 heterocycles. The molecule has 0 spiro atoms. The smallest absolute Gasteiger partial charge is 0.129 e. The standard InChI is InChI=1S/C16H14BrClF2/c17-14-5-2-1-4-12(14)8-11(10-18)9-13-15(19)6-3-7-16(13)20/h1-7,11H,8-10H2. The molecule has 2 aromatic rings. The Bertz CT molecular complexity index is 566. The van der Waals surface area contributed by atoms with Gasteiger partial charge in [0, 0.05) is 15.9 Å². The Hall–Kier alpha value is -0.930. The largest absolute Gasteiger partial charge is 0.207 e. The van der Waals surface area contributed by atoms with Crippen LogP contribution in [0.15, 0.2) is 46.9 Å². The first-order valence-corrected chi connectivity index (χ1v) is 7.66. The van der Waals surface area contributed by atoms with Gasteiger partial charge in [-0.15, -0.1) is 11.6 Å². The Morgan fingerprint density at radius 1 is 0.950 bits per heavy atom. The van der Waals surface area contributed by atoms with Gasteiger partial charge in [0.1, 0.15) is 11.6 Å². The van der Waals surface area contributed by atoms with Crippen molar-refractivity contribution in [1.29, 1.82) is 0 Å². The Balaban J connectivity index is 2.16. The van der Waals surface area contributed by atoms with E-state index in [-0.39, 0.29) is 11.5 Å². The third-order valence-electron chi connectivity index (χ3n) is 3.24. The van der Waals surface area contributed by atoms with E-state index in [1.165, 1.54) is 18.2 Å². The zero-order valence-corrected chi connectivity index (χ0v) is 13.1. The number of hydrogen-bond donors (Lipinski definition) is 0. The second-order valence-corrected chi connectivity index (χ2v) is 5.88. The molecule has 0 aliphatic rings. The molecule has 0 N–H and O–H groups in total. The van der Waals surface area contributed by atoms with Crippen molar-refractivity contribution < 1.29 is 8.78 Å². The molecule has 106 valence electrons. The van der Waals surface area contributed by atoms with Crippen molar-refractivity contribution >= 4 is 27.5 Å². The molecule has 1 unspecified atom stereocenters. The van der Waals surface area contributed by atoms with Crippen LogP contribution in [0.25, 0.3) is 0 Å². The van der Waals surface area contributed by atoms with Gasteiger partial charge >= 0.3 is 0 Å². The molecule has 0 bridgehead atoms. The van der Waals surface area contributed by atoms with Crippen molar-refractivity contribution in [2.45, 2.75) is 12.8 Å². The van der Waals surface area contributed by atoms with Gasteiger partial charge in [0.05, 0.1) is 0 Å². The molecule has 20 heavy (non-hydrogen) atoms. The van der Waals surface area contributed by atoms with Crippen LogP contribution in [0.2, 0.25) is 0 Å². The van der Waals surface area contributed by atoms with Crippen molar-refractivity contribution in [3.8, 4) is 0 Å². The monoisotopic (exact) mass is 358 g/mol. The van der Waals surface area contributed by atoms with Crippen LogP contribution in [0.1, 0.15) is 11.1 Å². The molecular weight excluding hydrogens is 346 g/mol. The third kappa shape index (κ3) is 3.80. The van der Waals surface area contributed by atoms with Gasteiger partial charge < -0.3 is 0 Å². The maximum Gasteiger partial charge on any atom is 0.129 e. The fourth-order valence-corrected chi connectivity index (χ4v) is 2.84. The summed E-state index contributed by atoms with van der Waals surface area (Å²) in [5.74, 6) is -0.670. The molecule has 2 aromatic carbocycles. The van der Waals surface area contributed by atoms with Gasteiger partial charge in [-0.05, 0) is 42.5 Å². The molecule has 0 aliphatic heterocycles. The van der Waals surface area contributed by atoms with Crippen LogP contribution in [-0.2, 0) is 12.8 Å². The average molecular weight is 360 g/mol. The number of alkyl halides is 1. The van der Waals surface area contributed by atoms with Gasteiger partial charge in [-0.3, -0.25) is 0 Å². The SMILES string of the molecule is Fc1cccc(F)c1CC(CCl)Cc1ccccc1Br. The van der Waals surface area contributed by atoms with Crippen molar-refractivity contribution in [1.82, 2.24) is 0 Å². The third-order valence-corrected chi connectivity index (χ3v) is 4.45. The van der Waals surface area contributed by atoms with Crippen LogP contribution in [0.3, 0.4) is 0 Å². The lowest BCUT2D eigenvalue weighted by atomic mass is 9.93. The maximum atomic E-state index is 13.7. The van der Waals surface area contributed by atoms with Crippen LogP contribution >= 0.6 is 27.5 Å². The molecule has 0 nitrogen and oxygen atoms in total. The molecule has 0 amide bonds. The molecular formula is C16H14BrClF2. The molecule has 0 aliphatic carbocycles. The Kier molecular flexibility index (Phi) is 5.55. The summed E-state index contributed by atoms with van der Waals surface area (Å²) in [6.07, 6.45) is 0.974. The molecule has 4 heteroatoms. The number of halogens is 4. The molecule has 2 rings (SSSR count). The van der Waals surface area contributed by atoms with Gasteiger partial charge in [0.2, 0.25) is 0 Å². The van der Waals surface area contributed by atoms with Gasteiger partial charge in [0.25, 0.3) is 0 Å². The molecule has 0 fully saturated rings. The molecule has 0 radical (unpaired) electrons. The lowest BCUT2D eigenvalue weighted by Gasteiger charge is -2.16. The van der Waals surface area contributed by atoms with E-state index in [2.05, 4.69) is 15.9 Å². The Morgan fingerprint density at radius 2 is 1.60 bits per heavy atom. The van der Waals surface area contributed by atoms with Crippen LogP contribution in [0.5, 0.6) is 0 Å². The van der Waals surface area contributed by atoms with Crippen LogP contribution < -0.4 is 0 Å². The minimum absolute atomic E-state index is 0.0123. The van der Waals surface area contributed by atoms with E-state index in [0.29, 0.717) is 18.7 Å². The van der Waals surface area contributed by atoms with Crippen molar-refractivity contribution in [3.63, 3.8) is 0 Å². The quantitative estimate of drug-likeness (QED) is 0.630. The highest BCUT2D eigenvalue weighted by Gasteiger charge is 2.16. The minimum Gasteiger partial charge on any atom is -0.207 e. The van der Waals surface area contributed by atoms with Gasteiger partial charge in [0.15, 0.2) is 0 Å². The summed E-state index contributed by atoms with van der Waals surface area (Å²) in [6, 6.07) is 11.7. The van der Waals surface area contributed by atoms with Gasteiger partial charge in [-0.1, -0.05) is 40.2 Å². The average Bonchev–Trinajstić information content (AvgIpc) is 2.44. The van der Waals surface area contributed by atoms with E-state index in [1.54, 1.807) is 0 Å². The van der Waals surface area contributed by atoms with Crippen LogP contribution in [0.4, 0.5) is 8.78 Å². The summed E-state index contributed by atoms with van der Waals surface area (Å²) in [5.41, 5.74) is 1.21. The highest BCUT2D eigenvalue weighted by Crippen LogP contribution is 2.24. The molecule has 0 aromatic heterocycles. The first kappa shape index (κ1) is 15.5. The van der Waals surface area contributed by atoms with Crippen molar-refractivity contribution in [3.05, 3.63) is 69.7 Å². The fraction of sp³-hybridized carbons (Fsp3) is 0.250. The van der Waals surface area contributed by atoms with Crippen LogP contribution in [0, 0.1) is 17.6 Å². The molecule has 0 saturated carbocycles. The predicted octanol–water partition coefficient (Wildman–Crippen LogP) is 5.37. The topological polar surface area (TPSA) is 0 Å². The van der Waals surface area contributed by atoms with Crippen molar-refractivity contribution in [2.75, 3.05) is 5.88 Å². The lowest BCUT2D eigenvalue weighted by molar-refractivity contribution is 0.507. The van der Waals surface area contributed by atoms with E-state index < -0.39 is 11.6 Å². The summed E-state index contributed by atoms with van der Waals surface area (Å²) in [5, 5.41) is 0. The van der Waals surface area contributed by atoms with E-state index in [9.17, 15) is 8.78 Å². The van der Waals surface area contributed by atoms with E-state index in [1.807, 2.05) is 24.3 Å². The highest BCUT2D eigenvalue weighted by molar-refractivity contribution is 9.10. The normalized spacial score (nSPS) is 12.4. The van der Waals surface area contributed by atoms with Gasteiger partial charge in [-0.25, -0.2) is 8.78 Å². The van der Waals surface area contributed by atoms with Gasteiger partial charge in [-0.2, -0.15) is 0 Å². The fourth-order valence-electron chi connectivity index (χ4n) is 2.17. The van der Waals surface area contributed by atoms with Crippen molar-refractivity contribution in [2.24, 2.45) is 5.92 Å². The number of benzene rings is 2. The molecule has 0 saturated heterocycles. The van der Waals surface area contributed by atoms with Crippen LogP contribution in [-0.4, -0.2) is 5.88 Å². The summed E-state index contributed by atoms with van der Waals surface area (Å²) in [6.45, 7) is 0. The predicted molar refractivity (Wildman–Crippen MR) is 82.1 cm³/mol. The van der Waals surface area contributed by atoms with E-state index >= 15 is 0 Å². The first-order chi connectivity index (χ1) is 9.61. The Labute approximate surface area is 130 Å². The van der Waals surface area contributed by atoms with E-state index in [4.69, 9.17) is 11.6 Å². The summed E-state index contributed by atoms with van der Waals surface area (Å²) in [7, 11) is 0. The Morgan fingerprint density at radius 3 is 2.20 bits per heavy atom. The second kappa shape index (κ2) is 7.19. The second-order valence-electron chi connectivity index (χ2n) is 4.72. The molecule has 1 atom stereocenters. The zero-order chi connectivity index (χ0) is 14.5. The summed E-state index contributed by atoms with van der Waals surface area (Å²) in [4.78, 5) is 0. The lowest BCUT2D eigenvalue weighted by Crippen LogP contribution is -2.13. The maximum absolute atomic E-state index is 13.7. The highest BCUT2D eigenvalue weighted by atomic mass is 79.9. The zero-order valence-electron chi connectivity index (χ0n) is 10.8. The number of rotatable bonds is 5.